The van der Waals surface area contributed by atoms with Crippen LogP contribution in [0.3, 0.4) is 0 Å². The van der Waals surface area contributed by atoms with E-state index in [1.165, 1.54) is 6.26 Å². The molecule has 1 unspecified atom stereocenters. The second-order valence-corrected chi connectivity index (χ2v) is 4.85. The molecule has 0 spiro atoms. The highest BCUT2D eigenvalue weighted by molar-refractivity contribution is 5.86. The zero-order valence-corrected chi connectivity index (χ0v) is 12.0. The molecule has 0 saturated carbocycles. The number of aromatic amines is 1. The molecule has 0 aliphatic rings. The van der Waals surface area contributed by atoms with Gasteiger partial charge in [0.05, 0.1) is 18.9 Å². The average Bonchev–Trinajstić information content (AvgIpc) is 2.90. The zero-order chi connectivity index (χ0) is 15.1. The second kappa shape index (κ2) is 7.50. The summed E-state index contributed by atoms with van der Waals surface area (Å²) in [5, 5.41) is 3.92. The number of amides is 1. The van der Waals surface area contributed by atoms with E-state index in [0.717, 1.165) is 22.9 Å². The third-order valence-electron chi connectivity index (χ3n) is 3.31. The van der Waals surface area contributed by atoms with Crippen LogP contribution in [0.2, 0.25) is 0 Å². The van der Waals surface area contributed by atoms with Crippen LogP contribution in [0, 0.1) is 0 Å². The van der Waals surface area contributed by atoms with Crippen LogP contribution in [0.25, 0.3) is 10.9 Å². The van der Waals surface area contributed by atoms with Gasteiger partial charge in [0.15, 0.2) is 0 Å². The fourth-order valence-corrected chi connectivity index (χ4v) is 2.21. The van der Waals surface area contributed by atoms with Crippen LogP contribution < -0.4 is 11.1 Å². The maximum absolute atomic E-state index is 11.9. The first kappa shape index (κ1) is 15.1. The second-order valence-electron chi connectivity index (χ2n) is 4.85. The molecule has 0 saturated heterocycles. The molecule has 5 nitrogen and oxygen atoms in total. The van der Waals surface area contributed by atoms with Crippen LogP contribution >= 0.6 is 0 Å². The van der Waals surface area contributed by atoms with E-state index in [2.05, 4.69) is 16.9 Å². The van der Waals surface area contributed by atoms with Gasteiger partial charge in [-0.05, 0) is 24.5 Å². The summed E-state index contributed by atoms with van der Waals surface area (Å²) in [5.41, 5.74) is 8.08. The van der Waals surface area contributed by atoms with Crippen molar-refractivity contribution in [2.45, 2.75) is 18.9 Å². The highest BCUT2D eigenvalue weighted by atomic mass is 16.5. The maximum atomic E-state index is 11.9. The van der Waals surface area contributed by atoms with Gasteiger partial charge < -0.3 is 20.8 Å². The highest BCUT2D eigenvalue weighted by Crippen LogP contribution is 2.18. The normalized spacial score (nSPS) is 12.0. The molecule has 4 N–H and O–H groups in total. The fraction of sp³-hybridized carbons (Fsp3) is 0.312. The number of nitrogens with two attached hydrogens (primary N) is 1. The Morgan fingerprint density at radius 1 is 1.48 bits per heavy atom. The minimum atomic E-state index is -0.551. The fourth-order valence-electron chi connectivity index (χ4n) is 2.21. The SMILES string of the molecule is C=COCCCNC(=O)C(N)Cc1c[nH]c2ccccc12. The Hall–Kier alpha value is -2.27. The number of carbonyl (C=O) groups is 1. The lowest BCUT2D eigenvalue weighted by molar-refractivity contribution is -0.122. The summed E-state index contributed by atoms with van der Waals surface area (Å²) in [5.74, 6) is -0.140. The molecule has 0 bridgehead atoms. The lowest BCUT2D eigenvalue weighted by atomic mass is 10.1. The van der Waals surface area contributed by atoms with Gasteiger partial charge in [0, 0.05) is 23.6 Å². The molecular weight excluding hydrogens is 266 g/mol. The first-order valence-electron chi connectivity index (χ1n) is 7.03. The molecule has 2 aromatic rings. The lowest BCUT2D eigenvalue weighted by Gasteiger charge is -2.11. The number of carbonyl (C=O) groups excluding carboxylic acids is 1. The van der Waals surface area contributed by atoms with Gasteiger partial charge in [-0.1, -0.05) is 24.8 Å². The first-order valence-corrected chi connectivity index (χ1v) is 7.03. The van der Waals surface area contributed by atoms with Gasteiger partial charge in [0.1, 0.15) is 0 Å². The van der Waals surface area contributed by atoms with Crippen molar-refractivity contribution >= 4 is 16.8 Å². The van der Waals surface area contributed by atoms with Crippen molar-refractivity contribution in [3.8, 4) is 0 Å². The zero-order valence-electron chi connectivity index (χ0n) is 12.0. The van der Waals surface area contributed by atoms with E-state index in [1.807, 2.05) is 30.5 Å². The number of nitrogens with one attached hydrogen (secondary N) is 2. The Bertz CT molecular complexity index is 606. The number of fused-ring (bicyclic) bond motifs is 1. The van der Waals surface area contributed by atoms with Crippen molar-refractivity contribution < 1.29 is 9.53 Å². The largest absolute Gasteiger partial charge is 0.502 e. The number of aromatic nitrogens is 1. The van der Waals surface area contributed by atoms with Crippen LogP contribution in [0.4, 0.5) is 0 Å². The van der Waals surface area contributed by atoms with Crippen LogP contribution in [0.1, 0.15) is 12.0 Å². The minimum Gasteiger partial charge on any atom is -0.502 e. The van der Waals surface area contributed by atoms with E-state index in [-0.39, 0.29) is 5.91 Å². The molecule has 5 heteroatoms. The van der Waals surface area contributed by atoms with Gasteiger partial charge in [-0.2, -0.15) is 0 Å². The number of hydrogen-bond donors (Lipinski definition) is 3. The average molecular weight is 287 g/mol. The Morgan fingerprint density at radius 2 is 2.29 bits per heavy atom. The molecule has 21 heavy (non-hydrogen) atoms. The molecule has 112 valence electrons. The van der Waals surface area contributed by atoms with Crippen molar-refractivity contribution in [2.75, 3.05) is 13.2 Å². The van der Waals surface area contributed by atoms with Crippen molar-refractivity contribution in [3.63, 3.8) is 0 Å². The van der Waals surface area contributed by atoms with Crippen molar-refractivity contribution in [1.29, 1.82) is 0 Å². The lowest BCUT2D eigenvalue weighted by Crippen LogP contribution is -2.42. The maximum Gasteiger partial charge on any atom is 0.237 e. The predicted molar refractivity (Wildman–Crippen MR) is 83.8 cm³/mol. The van der Waals surface area contributed by atoms with Crippen molar-refractivity contribution in [3.05, 3.63) is 48.9 Å². The van der Waals surface area contributed by atoms with Gasteiger partial charge in [0.2, 0.25) is 5.91 Å². The van der Waals surface area contributed by atoms with Gasteiger partial charge in [-0.3, -0.25) is 4.79 Å². The third kappa shape index (κ3) is 4.10. The molecule has 1 aromatic heterocycles. The molecule has 0 aliphatic heterocycles. The van der Waals surface area contributed by atoms with Crippen LogP contribution in [0.5, 0.6) is 0 Å². The molecule has 1 heterocycles. The Labute approximate surface area is 124 Å². The first-order chi connectivity index (χ1) is 10.2. The summed E-state index contributed by atoms with van der Waals surface area (Å²) in [6, 6.07) is 7.43. The molecule has 0 fully saturated rings. The summed E-state index contributed by atoms with van der Waals surface area (Å²) < 4.78 is 4.99. The predicted octanol–water partition coefficient (Wildman–Crippen LogP) is 1.70. The summed E-state index contributed by atoms with van der Waals surface area (Å²) in [4.78, 5) is 15.1. The van der Waals surface area contributed by atoms with E-state index < -0.39 is 6.04 Å². The number of rotatable bonds is 8. The smallest absolute Gasteiger partial charge is 0.237 e. The Kier molecular flexibility index (Phi) is 5.40. The third-order valence-corrected chi connectivity index (χ3v) is 3.31. The van der Waals surface area contributed by atoms with E-state index >= 15 is 0 Å². The monoisotopic (exact) mass is 287 g/mol. The molecule has 1 aromatic carbocycles. The van der Waals surface area contributed by atoms with E-state index in [1.54, 1.807) is 0 Å². The number of H-pyrrole nitrogens is 1. The number of hydrogen-bond acceptors (Lipinski definition) is 3. The van der Waals surface area contributed by atoms with Gasteiger partial charge in [-0.15, -0.1) is 0 Å². The molecule has 2 rings (SSSR count). The minimum absolute atomic E-state index is 0.140. The Morgan fingerprint density at radius 3 is 3.10 bits per heavy atom. The van der Waals surface area contributed by atoms with E-state index in [4.69, 9.17) is 10.5 Å². The van der Waals surface area contributed by atoms with E-state index in [9.17, 15) is 4.79 Å². The van der Waals surface area contributed by atoms with Crippen molar-refractivity contribution in [2.24, 2.45) is 5.73 Å². The molecular formula is C16H21N3O2. The topological polar surface area (TPSA) is 80.1 Å². The van der Waals surface area contributed by atoms with Gasteiger partial charge >= 0.3 is 0 Å². The standard InChI is InChI=1S/C16H21N3O2/c1-2-21-9-5-8-18-16(20)14(17)10-12-11-19-15-7-4-3-6-13(12)15/h2-4,6-7,11,14,19H,1,5,8-10,17H2,(H,18,20). The molecule has 0 radical (unpaired) electrons. The Balaban J connectivity index is 1.84. The van der Waals surface area contributed by atoms with Gasteiger partial charge in [0.25, 0.3) is 0 Å². The molecule has 1 atom stereocenters. The molecule has 1 amide bonds. The number of benzene rings is 1. The van der Waals surface area contributed by atoms with Crippen LogP contribution in [-0.4, -0.2) is 30.1 Å². The summed E-state index contributed by atoms with van der Waals surface area (Å²) in [7, 11) is 0. The van der Waals surface area contributed by atoms with E-state index in [0.29, 0.717) is 19.6 Å². The van der Waals surface area contributed by atoms with Crippen LogP contribution in [0.15, 0.2) is 43.3 Å². The van der Waals surface area contributed by atoms with Gasteiger partial charge in [-0.25, -0.2) is 0 Å². The number of ether oxygens (including phenoxy) is 1. The molecule has 0 aliphatic carbocycles. The highest BCUT2D eigenvalue weighted by Gasteiger charge is 2.15. The summed E-state index contributed by atoms with van der Waals surface area (Å²) >= 11 is 0. The number of para-hydroxylation sites is 1. The van der Waals surface area contributed by atoms with Crippen LogP contribution in [-0.2, 0) is 16.0 Å². The van der Waals surface area contributed by atoms with Crippen molar-refractivity contribution in [1.82, 2.24) is 10.3 Å². The summed E-state index contributed by atoms with van der Waals surface area (Å²) in [6.07, 6.45) is 4.55. The summed E-state index contributed by atoms with van der Waals surface area (Å²) in [6.45, 7) is 4.55. The quantitative estimate of drug-likeness (QED) is 0.510.